The highest BCUT2D eigenvalue weighted by Crippen LogP contribution is 2.16. The van der Waals surface area contributed by atoms with E-state index in [9.17, 15) is 4.79 Å². The van der Waals surface area contributed by atoms with Crippen molar-refractivity contribution >= 4 is 34.4 Å². The number of hydrogen-bond acceptors (Lipinski definition) is 6. The van der Waals surface area contributed by atoms with Gasteiger partial charge in [-0.2, -0.15) is 8.75 Å². The van der Waals surface area contributed by atoms with E-state index in [0.717, 1.165) is 34.4 Å². The molecule has 0 radical (unpaired) electrons. The smallest absolute Gasteiger partial charge is 0.255 e. The predicted octanol–water partition coefficient (Wildman–Crippen LogP) is 2.83. The van der Waals surface area contributed by atoms with Gasteiger partial charge in [0.2, 0.25) is 0 Å². The van der Waals surface area contributed by atoms with Gasteiger partial charge in [-0.05, 0) is 37.3 Å². The number of aromatic nitrogens is 5. The zero-order valence-corrected chi connectivity index (χ0v) is 13.5. The van der Waals surface area contributed by atoms with Crippen LogP contribution in [0.1, 0.15) is 16.2 Å². The quantitative estimate of drug-likeness (QED) is 0.622. The number of benzene rings is 1. The van der Waals surface area contributed by atoms with Crippen LogP contribution in [0.25, 0.3) is 16.9 Å². The van der Waals surface area contributed by atoms with Crippen LogP contribution in [0.5, 0.6) is 0 Å². The standard InChI is InChI=1S/C16H12N6OS/c1-10-17-6-7-22(10)15-5-3-12(9-18-15)19-16(23)11-2-4-13-14(8-11)21-24-20-13/h2-9H,1H3,(H,19,23). The minimum atomic E-state index is -0.210. The first-order valence-electron chi connectivity index (χ1n) is 7.21. The van der Waals surface area contributed by atoms with Crippen molar-refractivity contribution in [3.05, 3.63) is 60.3 Å². The van der Waals surface area contributed by atoms with Crippen molar-refractivity contribution < 1.29 is 4.79 Å². The van der Waals surface area contributed by atoms with Crippen LogP contribution in [0.4, 0.5) is 5.69 Å². The van der Waals surface area contributed by atoms with Crippen LogP contribution in [0.15, 0.2) is 48.9 Å². The van der Waals surface area contributed by atoms with Crippen LogP contribution in [-0.2, 0) is 0 Å². The SMILES string of the molecule is Cc1nccn1-c1ccc(NC(=O)c2ccc3nsnc3c2)cn1. The fourth-order valence-electron chi connectivity index (χ4n) is 2.35. The first-order valence-corrected chi connectivity index (χ1v) is 7.94. The van der Waals surface area contributed by atoms with Crippen LogP contribution in [0.2, 0.25) is 0 Å². The highest BCUT2D eigenvalue weighted by atomic mass is 32.1. The van der Waals surface area contributed by atoms with Crippen molar-refractivity contribution in [2.45, 2.75) is 6.92 Å². The summed E-state index contributed by atoms with van der Waals surface area (Å²) in [4.78, 5) is 20.9. The molecule has 8 heteroatoms. The molecule has 0 saturated carbocycles. The summed E-state index contributed by atoms with van der Waals surface area (Å²) in [6.45, 7) is 1.90. The Labute approximate surface area is 141 Å². The number of hydrogen-bond donors (Lipinski definition) is 1. The minimum Gasteiger partial charge on any atom is -0.321 e. The maximum absolute atomic E-state index is 12.3. The average molecular weight is 336 g/mol. The molecule has 1 aromatic carbocycles. The third-order valence-electron chi connectivity index (χ3n) is 3.59. The number of imidazole rings is 1. The van der Waals surface area contributed by atoms with Gasteiger partial charge in [-0.15, -0.1) is 0 Å². The molecule has 0 aliphatic heterocycles. The minimum absolute atomic E-state index is 0.210. The monoisotopic (exact) mass is 336 g/mol. The number of nitrogens with one attached hydrogen (secondary N) is 1. The molecule has 1 N–H and O–H groups in total. The Kier molecular flexibility index (Phi) is 3.51. The molecular weight excluding hydrogens is 324 g/mol. The van der Waals surface area contributed by atoms with Crippen LogP contribution < -0.4 is 5.32 Å². The molecular formula is C16H12N6OS. The molecule has 0 aliphatic carbocycles. The number of fused-ring (bicyclic) bond motifs is 1. The van der Waals surface area contributed by atoms with E-state index in [-0.39, 0.29) is 5.91 Å². The number of carbonyl (C=O) groups is 1. The summed E-state index contributed by atoms with van der Waals surface area (Å²) >= 11 is 1.13. The molecule has 4 rings (SSSR count). The van der Waals surface area contributed by atoms with Gasteiger partial charge >= 0.3 is 0 Å². The average Bonchev–Trinajstić information content (AvgIpc) is 3.23. The Morgan fingerprint density at radius 2 is 2.00 bits per heavy atom. The Morgan fingerprint density at radius 3 is 2.75 bits per heavy atom. The van der Waals surface area contributed by atoms with Gasteiger partial charge in [0.1, 0.15) is 22.7 Å². The normalized spacial score (nSPS) is 10.9. The van der Waals surface area contributed by atoms with Crippen molar-refractivity contribution in [1.82, 2.24) is 23.3 Å². The van der Waals surface area contributed by atoms with E-state index < -0.39 is 0 Å². The van der Waals surface area contributed by atoms with Crippen LogP contribution >= 0.6 is 11.7 Å². The van der Waals surface area contributed by atoms with E-state index in [0.29, 0.717) is 11.3 Å². The maximum atomic E-state index is 12.3. The molecule has 0 atom stereocenters. The van der Waals surface area contributed by atoms with Crippen molar-refractivity contribution in [2.75, 3.05) is 5.32 Å². The molecule has 0 fully saturated rings. The van der Waals surface area contributed by atoms with E-state index >= 15 is 0 Å². The fraction of sp³-hybridized carbons (Fsp3) is 0.0625. The number of pyridine rings is 1. The molecule has 4 aromatic rings. The van der Waals surface area contributed by atoms with Crippen molar-refractivity contribution in [2.24, 2.45) is 0 Å². The van der Waals surface area contributed by atoms with E-state index in [2.05, 4.69) is 24.0 Å². The predicted molar refractivity (Wildman–Crippen MR) is 91.5 cm³/mol. The van der Waals surface area contributed by atoms with E-state index in [1.165, 1.54) is 0 Å². The van der Waals surface area contributed by atoms with Crippen molar-refractivity contribution in [1.29, 1.82) is 0 Å². The van der Waals surface area contributed by atoms with Crippen LogP contribution in [-0.4, -0.2) is 29.2 Å². The largest absolute Gasteiger partial charge is 0.321 e. The van der Waals surface area contributed by atoms with Gasteiger partial charge in [-0.3, -0.25) is 9.36 Å². The van der Waals surface area contributed by atoms with Gasteiger partial charge in [-0.25, -0.2) is 9.97 Å². The molecule has 0 saturated heterocycles. The highest BCUT2D eigenvalue weighted by Gasteiger charge is 2.09. The molecule has 118 valence electrons. The molecule has 24 heavy (non-hydrogen) atoms. The summed E-state index contributed by atoms with van der Waals surface area (Å²) in [5, 5.41) is 2.83. The molecule has 0 aliphatic rings. The zero-order valence-electron chi connectivity index (χ0n) is 12.7. The maximum Gasteiger partial charge on any atom is 0.255 e. The topological polar surface area (TPSA) is 85.6 Å². The van der Waals surface area contributed by atoms with Gasteiger partial charge in [0.05, 0.1) is 23.6 Å². The number of amides is 1. The van der Waals surface area contributed by atoms with E-state index in [1.54, 1.807) is 30.6 Å². The lowest BCUT2D eigenvalue weighted by atomic mass is 10.2. The molecule has 1 amide bonds. The Hall–Kier alpha value is -3.13. The molecule has 0 bridgehead atoms. The van der Waals surface area contributed by atoms with E-state index in [1.807, 2.05) is 29.8 Å². The van der Waals surface area contributed by atoms with Gasteiger partial charge in [-0.1, -0.05) is 0 Å². The lowest BCUT2D eigenvalue weighted by Gasteiger charge is -2.07. The third kappa shape index (κ3) is 2.63. The van der Waals surface area contributed by atoms with Gasteiger partial charge in [0.25, 0.3) is 5.91 Å². The molecule has 0 unspecified atom stereocenters. The lowest BCUT2D eigenvalue weighted by molar-refractivity contribution is 0.102. The van der Waals surface area contributed by atoms with Gasteiger partial charge in [0.15, 0.2) is 0 Å². The summed E-state index contributed by atoms with van der Waals surface area (Å²) in [6.07, 6.45) is 5.18. The summed E-state index contributed by atoms with van der Waals surface area (Å²) in [5.74, 6) is 1.39. The van der Waals surface area contributed by atoms with Crippen molar-refractivity contribution in [3.8, 4) is 5.82 Å². The zero-order chi connectivity index (χ0) is 16.5. The third-order valence-corrected chi connectivity index (χ3v) is 4.15. The second kappa shape index (κ2) is 5.82. The molecule has 3 heterocycles. The Balaban J connectivity index is 1.54. The highest BCUT2D eigenvalue weighted by molar-refractivity contribution is 7.00. The molecule has 0 spiro atoms. The van der Waals surface area contributed by atoms with Gasteiger partial charge < -0.3 is 5.32 Å². The Bertz CT molecular complexity index is 1020. The number of nitrogens with zero attached hydrogens (tertiary/aromatic N) is 5. The summed E-state index contributed by atoms with van der Waals surface area (Å²) in [6, 6.07) is 8.89. The van der Waals surface area contributed by atoms with Crippen LogP contribution in [0.3, 0.4) is 0 Å². The molecule has 3 aromatic heterocycles. The number of carbonyl (C=O) groups excluding carboxylic acids is 1. The second-order valence-corrected chi connectivity index (χ2v) is 5.70. The summed E-state index contributed by atoms with van der Waals surface area (Å²) in [5.41, 5.74) is 2.66. The first kappa shape index (κ1) is 14.5. The second-order valence-electron chi connectivity index (χ2n) is 5.17. The summed E-state index contributed by atoms with van der Waals surface area (Å²) < 4.78 is 10.1. The number of aryl methyl sites for hydroxylation is 1. The number of rotatable bonds is 3. The van der Waals surface area contributed by atoms with E-state index in [4.69, 9.17) is 0 Å². The van der Waals surface area contributed by atoms with Crippen molar-refractivity contribution in [3.63, 3.8) is 0 Å². The first-order chi connectivity index (χ1) is 11.7. The number of anilines is 1. The van der Waals surface area contributed by atoms with Gasteiger partial charge in [0, 0.05) is 18.0 Å². The Morgan fingerprint density at radius 1 is 1.12 bits per heavy atom. The fourth-order valence-corrected chi connectivity index (χ4v) is 2.87. The molecule has 7 nitrogen and oxygen atoms in total. The summed E-state index contributed by atoms with van der Waals surface area (Å²) in [7, 11) is 0. The lowest BCUT2D eigenvalue weighted by Crippen LogP contribution is -2.12. The van der Waals surface area contributed by atoms with Crippen LogP contribution in [0, 0.1) is 6.92 Å².